The van der Waals surface area contributed by atoms with E-state index in [1.165, 1.54) is 16.9 Å². The van der Waals surface area contributed by atoms with Crippen LogP contribution in [0.5, 0.6) is 0 Å². The number of thiophene rings is 1. The fraction of sp³-hybridized carbons (Fsp3) is 0.353. The van der Waals surface area contributed by atoms with Crippen LogP contribution in [0.25, 0.3) is 10.2 Å². The van der Waals surface area contributed by atoms with Crippen LogP contribution in [0.4, 0.5) is 5.82 Å². The van der Waals surface area contributed by atoms with E-state index < -0.39 is 0 Å². The van der Waals surface area contributed by atoms with Gasteiger partial charge in [0.15, 0.2) is 0 Å². The van der Waals surface area contributed by atoms with E-state index >= 15 is 0 Å². The first-order chi connectivity index (χ1) is 11.7. The molecule has 3 aromatic rings. The van der Waals surface area contributed by atoms with Crippen molar-refractivity contribution in [1.29, 1.82) is 0 Å². The molecule has 0 fully saturated rings. The number of nitrogens with zero attached hydrogens (tertiary/aromatic N) is 2. The molecule has 0 spiro atoms. The van der Waals surface area contributed by atoms with E-state index in [-0.39, 0.29) is 12.5 Å². The van der Waals surface area contributed by atoms with Crippen LogP contribution in [0, 0.1) is 6.92 Å². The van der Waals surface area contributed by atoms with Gasteiger partial charge in [0.05, 0.1) is 24.7 Å². The van der Waals surface area contributed by atoms with Crippen molar-refractivity contribution in [3.05, 3.63) is 40.4 Å². The molecule has 2 N–H and O–H groups in total. The average molecular weight is 342 g/mol. The summed E-state index contributed by atoms with van der Waals surface area (Å²) < 4.78 is 5.21. The topological polar surface area (TPSA) is 80.0 Å². The number of carbonyl (C=O) groups is 1. The predicted octanol–water partition coefficient (Wildman–Crippen LogP) is 2.81. The lowest BCUT2D eigenvalue weighted by atomic mass is 10.2. The van der Waals surface area contributed by atoms with Crippen molar-refractivity contribution in [2.75, 3.05) is 11.9 Å². The Morgan fingerprint density at radius 1 is 1.38 bits per heavy atom. The van der Waals surface area contributed by atoms with Gasteiger partial charge in [-0.25, -0.2) is 9.97 Å². The molecule has 0 radical (unpaired) electrons. The number of anilines is 1. The first-order valence-electron chi connectivity index (χ1n) is 8.02. The first kappa shape index (κ1) is 15.1. The van der Waals surface area contributed by atoms with Crippen LogP contribution in [0.2, 0.25) is 0 Å². The van der Waals surface area contributed by atoms with Crippen LogP contribution in [-0.4, -0.2) is 22.4 Å². The number of nitrogens with one attached hydrogen (secondary N) is 2. The number of hydrogen-bond donors (Lipinski definition) is 2. The maximum absolute atomic E-state index is 12.0. The molecule has 3 heterocycles. The minimum absolute atomic E-state index is 0.0947. The lowest BCUT2D eigenvalue weighted by molar-refractivity contribution is -0.119. The highest BCUT2D eigenvalue weighted by molar-refractivity contribution is 7.19. The molecule has 0 bridgehead atoms. The number of aryl methyl sites for hydroxylation is 3. The lowest BCUT2D eigenvalue weighted by Crippen LogP contribution is -2.29. The SMILES string of the molecule is Cc1nc(NCC(=O)NCc2ccco2)c2c3c(sc2n1)CCC3. The highest BCUT2D eigenvalue weighted by atomic mass is 32.1. The van der Waals surface area contributed by atoms with Gasteiger partial charge in [0.2, 0.25) is 5.91 Å². The number of aromatic nitrogens is 2. The van der Waals surface area contributed by atoms with Gasteiger partial charge in [0, 0.05) is 4.88 Å². The molecule has 0 saturated heterocycles. The molecule has 0 saturated carbocycles. The second kappa shape index (κ2) is 6.24. The molecule has 124 valence electrons. The number of furan rings is 1. The van der Waals surface area contributed by atoms with Crippen LogP contribution < -0.4 is 10.6 Å². The summed E-state index contributed by atoms with van der Waals surface area (Å²) in [7, 11) is 0. The van der Waals surface area contributed by atoms with Gasteiger partial charge in [0.1, 0.15) is 22.2 Å². The average Bonchev–Trinajstić information content (AvgIpc) is 3.26. The van der Waals surface area contributed by atoms with Crippen molar-refractivity contribution in [3.8, 4) is 0 Å². The summed E-state index contributed by atoms with van der Waals surface area (Å²) in [6, 6.07) is 3.64. The zero-order valence-corrected chi connectivity index (χ0v) is 14.2. The quantitative estimate of drug-likeness (QED) is 0.745. The van der Waals surface area contributed by atoms with E-state index in [1.807, 2.05) is 13.0 Å². The Hall–Kier alpha value is -2.41. The van der Waals surface area contributed by atoms with Crippen LogP contribution >= 0.6 is 11.3 Å². The minimum Gasteiger partial charge on any atom is -0.467 e. The van der Waals surface area contributed by atoms with E-state index in [4.69, 9.17) is 4.42 Å². The number of amides is 1. The van der Waals surface area contributed by atoms with Gasteiger partial charge < -0.3 is 15.1 Å². The molecule has 7 heteroatoms. The Morgan fingerprint density at radius 3 is 3.12 bits per heavy atom. The van der Waals surface area contributed by atoms with E-state index in [2.05, 4.69) is 20.6 Å². The summed E-state index contributed by atoms with van der Waals surface area (Å²) in [4.78, 5) is 23.6. The Labute approximate surface area is 143 Å². The third kappa shape index (κ3) is 2.87. The van der Waals surface area contributed by atoms with Crippen LogP contribution in [-0.2, 0) is 24.2 Å². The highest BCUT2D eigenvalue weighted by Crippen LogP contribution is 2.39. The van der Waals surface area contributed by atoms with Crippen molar-refractivity contribution in [3.63, 3.8) is 0 Å². The Morgan fingerprint density at radius 2 is 2.29 bits per heavy atom. The van der Waals surface area contributed by atoms with Gasteiger partial charge in [-0.15, -0.1) is 11.3 Å². The van der Waals surface area contributed by atoms with Crippen LogP contribution in [0.15, 0.2) is 22.8 Å². The largest absolute Gasteiger partial charge is 0.467 e. The summed E-state index contributed by atoms with van der Waals surface area (Å²) in [6.07, 6.45) is 4.98. The summed E-state index contributed by atoms with van der Waals surface area (Å²) in [5.41, 5.74) is 1.36. The lowest BCUT2D eigenvalue weighted by Gasteiger charge is -2.09. The molecule has 0 aromatic carbocycles. The minimum atomic E-state index is -0.0947. The Balaban J connectivity index is 1.49. The molecule has 0 unspecified atom stereocenters. The summed E-state index contributed by atoms with van der Waals surface area (Å²) in [6.45, 7) is 2.45. The molecule has 1 amide bonds. The molecule has 1 aliphatic carbocycles. The van der Waals surface area contributed by atoms with E-state index in [1.54, 1.807) is 23.7 Å². The van der Waals surface area contributed by atoms with Crippen LogP contribution in [0.1, 0.15) is 28.4 Å². The molecule has 4 rings (SSSR count). The Kier molecular flexibility index (Phi) is 3.93. The van der Waals surface area contributed by atoms with Crippen molar-refractivity contribution >= 4 is 33.3 Å². The first-order valence-corrected chi connectivity index (χ1v) is 8.84. The number of carbonyl (C=O) groups excluding carboxylic acids is 1. The molecular formula is C17H18N4O2S. The second-order valence-electron chi connectivity index (χ2n) is 5.87. The molecule has 1 aliphatic rings. The summed E-state index contributed by atoms with van der Waals surface area (Å²) in [5.74, 6) is 2.13. The summed E-state index contributed by atoms with van der Waals surface area (Å²) in [5, 5.41) is 7.11. The van der Waals surface area contributed by atoms with Crippen LogP contribution in [0.3, 0.4) is 0 Å². The van der Waals surface area contributed by atoms with Crippen molar-refractivity contribution in [2.45, 2.75) is 32.7 Å². The molecular weight excluding hydrogens is 324 g/mol. The number of fused-ring (bicyclic) bond motifs is 3. The third-order valence-corrected chi connectivity index (χ3v) is 5.32. The molecule has 24 heavy (non-hydrogen) atoms. The maximum Gasteiger partial charge on any atom is 0.239 e. The zero-order valence-electron chi connectivity index (χ0n) is 13.4. The fourth-order valence-corrected chi connectivity index (χ4v) is 4.36. The normalized spacial score (nSPS) is 13.2. The summed E-state index contributed by atoms with van der Waals surface area (Å²) >= 11 is 1.75. The predicted molar refractivity (Wildman–Crippen MR) is 93.2 cm³/mol. The fourth-order valence-electron chi connectivity index (χ4n) is 3.06. The molecule has 0 atom stereocenters. The third-order valence-electron chi connectivity index (χ3n) is 4.13. The monoisotopic (exact) mass is 342 g/mol. The zero-order chi connectivity index (χ0) is 16.5. The second-order valence-corrected chi connectivity index (χ2v) is 6.95. The van der Waals surface area contributed by atoms with Crippen molar-refractivity contribution < 1.29 is 9.21 Å². The molecule has 6 nitrogen and oxygen atoms in total. The molecule has 0 aliphatic heterocycles. The van der Waals surface area contributed by atoms with Gasteiger partial charge >= 0.3 is 0 Å². The van der Waals surface area contributed by atoms with Gasteiger partial charge in [-0.2, -0.15) is 0 Å². The smallest absolute Gasteiger partial charge is 0.239 e. The van der Waals surface area contributed by atoms with E-state index in [9.17, 15) is 4.79 Å². The molecule has 3 aromatic heterocycles. The van der Waals surface area contributed by atoms with Gasteiger partial charge in [-0.3, -0.25) is 4.79 Å². The van der Waals surface area contributed by atoms with Crippen molar-refractivity contribution in [2.24, 2.45) is 0 Å². The standard InChI is InChI=1S/C17H18N4O2S/c1-10-20-16(15-12-5-2-6-13(12)24-17(15)21-10)19-9-14(22)18-8-11-4-3-7-23-11/h3-4,7H,2,5-6,8-9H2,1H3,(H,18,22)(H,19,20,21). The van der Waals surface area contributed by atoms with Crippen molar-refractivity contribution in [1.82, 2.24) is 15.3 Å². The van der Waals surface area contributed by atoms with Gasteiger partial charge in [-0.1, -0.05) is 0 Å². The Bertz CT molecular complexity index is 886. The highest BCUT2D eigenvalue weighted by Gasteiger charge is 2.22. The maximum atomic E-state index is 12.0. The van der Waals surface area contributed by atoms with E-state index in [0.717, 1.165) is 40.5 Å². The number of hydrogen-bond acceptors (Lipinski definition) is 6. The van der Waals surface area contributed by atoms with Gasteiger partial charge in [0.25, 0.3) is 0 Å². The number of rotatable bonds is 5. The van der Waals surface area contributed by atoms with E-state index in [0.29, 0.717) is 6.54 Å². The van der Waals surface area contributed by atoms with Gasteiger partial charge in [-0.05, 0) is 43.9 Å².